The minimum Gasteiger partial charge on any atom is -0.479 e. The van der Waals surface area contributed by atoms with Crippen LogP contribution in [0.15, 0.2) is 17.7 Å². The van der Waals surface area contributed by atoms with E-state index in [9.17, 15) is 14.4 Å². The molecule has 0 spiro atoms. The zero-order valence-corrected chi connectivity index (χ0v) is 12.8. The number of aliphatic carboxylic acids is 1. The van der Waals surface area contributed by atoms with E-state index in [2.05, 4.69) is 0 Å². The predicted molar refractivity (Wildman–Crippen MR) is 80.9 cm³/mol. The smallest absolute Gasteiger partial charge is 0.341 e. The molecule has 3 amide bonds. The number of nitrogens with zero attached hydrogens (tertiary/aromatic N) is 1. The van der Waals surface area contributed by atoms with Crippen LogP contribution in [0.25, 0.3) is 6.08 Å². The summed E-state index contributed by atoms with van der Waals surface area (Å²) in [5.74, 6) is -2.25. The summed E-state index contributed by atoms with van der Waals surface area (Å²) in [7, 11) is 0. The second kappa shape index (κ2) is 8.03. The van der Waals surface area contributed by atoms with Crippen molar-refractivity contribution in [2.24, 2.45) is 5.73 Å². The highest BCUT2D eigenvalue weighted by molar-refractivity contribution is 6.37. The molecule has 0 aliphatic rings. The first kappa shape index (κ1) is 18.3. The lowest BCUT2D eigenvalue weighted by Gasteiger charge is -2.09. The number of nitrogens with one attached hydrogen (secondary N) is 1. The Morgan fingerprint density at radius 1 is 1.35 bits per heavy atom. The minimum absolute atomic E-state index is 0.0161. The highest BCUT2D eigenvalue weighted by atomic mass is 35.5. The van der Waals surface area contributed by atoms with Crippen molar-refractivity contribution in [3.05, 3.63) is 33.3 Å². The van der Waals surface area contributed by atoms with Crippen molar-refractivity contribution < 1.29 is 24.2 Å². The van der Waals surface area contributed by atoms with E-state index >= 15 is 0 Å². The van der Waals surface area contributed by atoms with Gasteiger partial charge in [0.15, 0.2) is 12.4 Å². The molecule has 0 saturated carbocycles. The van der Waals surface area contributed by atoms with Crippen LogP contribution in [-0.4, -0.2) is 29.6 Å². The number of nitrogens with two attached hydrogens (primary N) is 1. The normalized spacial score (nSPS) is 10.6. The molecule has 1 aromatic carbocycles. The molecule has 0 aromatic heterocycles. The number of halogens is 2. The van der Waals surface area contributed by atoms with Gasteiger partial charge in [0, 0.05) is 0 Å². The van der Waals surface area contributed by atoms with E-state index in [0.29, 0.717) is 0 Å². The highest BCUT2D eigenvalue weighted by Gasteiger charge is 2.14. The summed E-state index contributed by atoms with van der Waals surface area (Å²) in [5.41, 5.74) is 4.65. The van der Waals surface area contributed by atoms with Gasteiger partial charge in [0.1, 0.15) is 11.6 Å². The molecule has 8 nitrogen and oxygen atoms in total. The monoisotopic (exact) mass is 357 g/mol. The Morgan fingerprint density at radius 2 is 1.91 bits per heavy atom. The first-order valence-electron chi connectivity index (χ1n) is 5.80. The van der Waals surface area contributed by atoms with Gasteiger partial charge in [-0.2, -0.15) is 5.26 Å². The van der Waals surface area contributed by atoms with E-state index in [-0.39, 0.29) is 21.4 Å². The van der Waals surface area contributed by atoms with Gasteiger partial charge in [0.2, 0.25) is 0 Å². The quantitative estimate of drug-likeness (QED) is 0.538. The Bertz CT molecular complexity index is 717. The first-order valence-corrected chi connectivity index (χ1v) is 6.56. The molecule has 0 unspecified atom stereocenters. The van der Waals surface area contributed by atoms with E-state index in [0.717, 1.165) is 6.08 Å². The van der Waals surface area contributed by atoms with Crippen LogP contribution in [0.5, 0.6) is 5.75 Å². The number of carboxylic acid groups (broad SMARTS) is 1. The molecule has 0 radical (unpaired) electrons. The number of carboxylic acids is 1. The molecule has 10 heteroatoms. The molecule has 0 fully saturated rings. The van der Waals surface area contributed by atoms with Crippen molar-refractivity contribution in [1.29, 1.82) is 5.26 Å². The first-order chi connectivity index (χ1) is 10.7. The Balaban J connectivity index is 3.12. The third kappa shape index (κ3) is 5.50. The van der Waals surface area contributed by atoms with E-state index in [1.807, 2.05) is 0 Å². The van der Waals surface area contributed by atoms with Gasteiger partial charge in [-0.15, -0.1) is 0 Å². The van der Waals surface area contributed by atoms with Crippen molar-refractivity contribution in [2.75, 3.05) is 6.61 Å². The Morgan fingerprint density at radius 3 is 2.35 bits per heavy atom. The number of urea groups is 1. The molecule has 0 atom stereocenters. The van der Waals surface area contributed by atoms with Gasteiger partial charge in [-0.05, 0) is 23.8 Å². The molecule has 0 aliphatic carbocycles. The number of carbonyl (C=O) groups excluding carboxylic acids is 2. The zero-order valence-electron chi connectivity index (χ0n) is 11.3. The van der Waals surface area contributed by atoms with E-state index < -0.39 is 30.1 Å². The number of amides is 3. The largest absolute Gasteiger partial charge is 0.479 e. The molecule has 0 bridgehead atoms. The number of carbonyl (C=O) groups is 3. The predicted octanol–water partition coefficient (Wildman–Crippen LogP) is 1.56. The number of imide groups is 1. The average Bonchev–Trinajstić information content (AvgIpc) is 2.42. The van der Waals surface area contributed by atoms with Crippen molar-refractivity contribution in [1.82, 2.24) is 5.32 Å². The molecule has 1 rings (SSSR count). The number of hydrogen-bond donors (Lipinski definition) is 3. The summed E-state index contributed by atoms with van der Waals surface area (Å²) in [5, 5.41) is 19.2. The zero-order chi connectivity index (χ0) is 17.6. The second-order valence-electron chi connectivity index (χ2n) is 3.98. The Labute approximate surface area is 140 Å². The number of benzene rings is 1. The van der Waals surface area contributed by atoms with E-state index in [4.69, 9.17) is 44.0 Å². The lowest BCUT2D eigenvalue weighted by molar-refractivity contribution is -0.139. The summed E-state index contributed by atoms with van der Waals surface area (Å²) in [6.07, 6.45) is 1.12. The minimum atomic E-state index is -1.21. The number of ether oxygens (including phenoxy) is 1. The van der Waals surface area contributed by atoms with Gasteiger partial charge in [0.05, 0.1) is 10.0 Å². The Hall–Kier alpha value is -2.76. The maximum atomic E-state index is 11.5. The van der Waals surface area contributed by atoms with Crippen LogP contribution < -0.4 is 15.8 Å². The molecule has 120 valence electrons. The maximum Gasteiger partial charge on any atom is 0.341 e. The number of nitriles is 1. The maximum absolute atomic E-state index is 11.5. The third-order valence-electron chi connectivity index (χ3n) is 2.27. The van der Waals surface area contributed by atoms with Gasteiger partial charge in [0.25, 0.3) is 5.91 Å². The molecule has 1 aromatic rings. The summed E-state index contributed by atoms with van der Waals surface area (Å²) >= 11 is 11.8. The highest BCUT2D eigenvalue weighted by Crippen LogP contribution is 2.34. The molecular formula is C13H9Cl2N3O5. The van der Waals surface area contributed by atoms with E-state index in [1.165, 1.54) is 12.1 Å². The van der Waals surface area contributed by atoms with Crippen LogP contribution in [0.4, 0.5) is 4.79 Å². The average molecular weight is 358 g/mol. The van der Waals surface area contributed by atoms with Crippen LogP contribution in [0, 0.1) is 11.3 Å². The summed E-state index contributed by atoms with van der Waals surface area (Å²) in [6, 6.07) is 3.10. The fourth-order valence-electron chi connectivity index (χ4n) is 1.43. The molecule has 0 saturated heterocycles. The molecule has 4 N–H and O–H groups in total. The van der Waals surface area contributed by atoms with Crippen molar-refractivity contribution in [2.45, 2.75) is 0 Å². The van der Waals surface area contributed by atoms with Gasteiger partial charge in [-0.25, -0.2) is 9.59 Å². The van der Waals surface area contributed by atoms with Crippen LogP contribution in [0.3, 0.4) is 0 Å². The SMILES string of the molecule is N#C/C(=C/c1cc(Cl)c(OCC(=O)O)c(Cl)c1)C(=O)NC(N)=O. The summed E-state index contributed by atoms with van der Waals surface area (Å²) in [6.45, 7) is -0.640. The third-order valence-corrected chi connectivity index (χ3v) is 2.83. The molecule has 23 heavy (non-hydrogen) atoms. The molecular weight excluding hydrogens is 349 g/mol. The second-order valence-corrected chi connectivity index (χ2v) is 4.80. The van der Waals surface area contributed by atoms with Gasteiger partial charge in [-0.1, -0.05) is 23.2 Å². The van der Waals surface area contributed by atoms with Crippen molar-refractivity contribution in [3.8, 4) is 11.8 Å². The molecule has 0 aliphatic heterocycles. The van der Waals surface area contributed by atoms with Crippen LogP contribution in [-0.2, 0) is 9.59 Å². The lowest BCUT2D eigenvalue weighted by atomic mass is 10.1. The summed E-state index contributed by atoms with van der Waals surface area (Å²) < 4.78 is 4.93. The fourth-order valence-corrected chi connectivity index (χ4v) is 2.04. The number of rotatable bonds is 5. The van der Waals surface area contributed by atoms with Crippen molar-refractivity contribution in [3.63, 3.8) is 0 Å². The van der Waals surface area contributed by atoms with Crippen molar-refractivity contribution >= 4 is 47.2 Å². The van der Waals surface area contributed by atoms with E-state index in [1.54, 1.807) is 11.4 Å². The Kier molecular flexibility index (Phi) is 6.38. The summed E-state index contributed by atoms with van der Waals surface area (Å²) in [4.78, 5) is 32.6. The van der Waals surface area contributed by atoms with Crippen LogP contribution >= 0.6 is 23.2 Å². The molecule has 0 heterocycles. The van der Waals surface area contributed by atoms with Gasteiger partial charge >= 0.3 is 12.0 Å². The van der Waals surface area contributed by atoms with Crippen LogP contribution in [0.2, 0.25) is 10.0 Å². The lowest BCUT2D eigenvalue weighted by Crippen LogP contribution is -2.35. The topological polar surface area (TPSA) is 143 Å². The standard InChI is InChI=1S/C13H9Cl2N3O5/c14-8-2-6(1-7(4-16)12(21)18-13(17)22)3-9(15)11(8)23-5-10(19)20/h1-3H,5H2,(H,19,20)(H3,17,18,21,22)/b7-1-. The van der Waals surface area contributed by atoms with Crippen LogP contribution in [0.1, 0.15) is 5.56 Å². The van der Waals surface area contributed by atoms with Gasteiger partial charge < -0.3 is 15.6 Å². The fraction of sp³-hybridized carbons (Fsp3) is 0.0769. The number of primary amides is 1. The number of hydrogen-bond acceptors (Lipinski definition) is 5. The van der Waals surface area contributed by atoms with Gasteiger partial charge in [-0.3, -0.25) is 10.1 Å².